The largest absolute Gasteiger partial charge is 0.496 e. The molecule has 0 N–H and O–H groups in total. The van der Waals surface area contributed by atoms with Gasteiger partial charge < -0.3 is 4.74 Å². The molecule has 0 unspecified atom stereocenters. The molecule has 20 heavy (non-hydrogen) atoms. The molecule has 0 aliphatic heterocycles. The standard InChI is InChI=1S/C16H14N2OS/c1-12-11-20-16(18-12)14(10-17)8-5-7-13-6-3-4-9-15(13)19-2/h3-9,11H,1-2H3/b7-5+,14-8+. The minimum Gasteiger partial charge on any atom is -0.496 e. The highest BCUT2D eigenvalue weighted by molar-refractivity contribution is 7.10. The quantitative estimate of drug-likeness (QED) is 0.627. The molecule has 100 valence electrons. The van der Waals surface area contributed by atoms with Gasteiger partial charge >= 0.3 is 0 Å². The smallest absolute Gasteiger partial charge is 0.134 e. The van der Waals surface area contributed by atoms with Crippen LogP contribution in [0.2, 0.25) is 0 Å². The molecular weight excluding hydrogens is 268 g/mol. The summed E-state index contributed by atoms with van der Waals surface area (Å²) in [6, 6.07) is 9.90. The van der Waals surface area contributed by atoms with E-state index in [1.54, 1.807) is 13.2 Å². The van der Waals surface area contributed by atoms with Crippen molar-refractivity contribution in [1.29, 1.82) is 5.26 Å². The third-order valence-electron chi connectivity index (χ3n) is 2.65. The molecule has 4 heteroatoms. The van der Waals surface area contributed by atoms with Crippen LogP contribution in [0.1, 0.15) is 16.3 Å². The van der Waals surface area contributed by atoms with Gasteiger partial charge in [0.25, 0.3) is 0 Å². The Bertz CT molecular complexity index is 692. The summed E-state index contributed by atoms with van der Waals surface area (Å²) in [6.45, 7) is 1.92. The predicted octanol–water partition coefficient (Wildman–Crippen LogP) is 4.08. The Morgan fingerprint density at radius 1 is 1.40 bits per heavy atom. The van der Waals surface area contributed by atoms with E-state index < -0.39 is 0 Å². The third kappa shape index (κ3) is 3.34. The van der Waals surface area contributed by atoms with Crippen LogP contribution in [-0.4, -0.2) is 12.1 Å². The number of rotatable bonds is 4. The number of aromatic nitrogens is 1. The van der Waals surface area contributed by atoms with Crippen LogP contribution in [0.4, 0.5) is 0 Å². The number of hydrogen-bond acceptors (Lipinski definition) is 4. The van der Waals surface area contributed by atoms with Crippen LogP contribution in [-0.2, 0) is 0 Å². The van der Waals surface area contributed by atoms with E-state index in [1.165, 1.54) is 11.3 Å². The lowest BCUT2D eigenvalue weighted by atomic mass is 10.1. The maximum Gasteiger partial charge on any atom is 0.134 e. The van der Waals surface area contributed by atoms with Gasteiger partial charge in [-0.2, -0.15) is 5.26 Å². The first-order valence-electron chi connectivity index (χ1n) is 6.08. The summed E-state index contributed by atoms with van der Waals surface area (Å²) in [6.07, 6.45) is 5.52. The van der Waals surface area contributed by atoms with E-state index in [2.05, 4.69) is 11.1 Å². The van der Waals surface area contributed by atoms with Gasteiger partial charge in [0, 0.05) is 16.6 Å². The van der Waals surface area contributed by atoms with Crippen LogP contribution < -0.4 is 4.74 Å². The fourth-order valence-corrected chi connectivity index (χ4v) is 2.46. The molecule has 0 aliphatic carbocycles. The van der Waals surface area contributed by atoms with E-state index >= 15 is 0 Å². The molecule has 0 amide bonds. The monoisotopic (exact) mass is 282 g/mol. The first-order chi connectivity index (χ1) is 9.74. The van der Waals surface area contributed by atoms with Crippen LogP contribution in [0, 0.1) is 18.3 Å². The molecule has 1 aromatic heterocycles. The van der Waals surface area contributed by atoms with Crippen LogP contribution in [0.5, 0.6) is 5.75 Å². The summed E-state index contributed by atoms with van der Waals surface area (Å²) < 4.78 is 5.27. The van der Waals surface area contributed by atoms with Crippen LogP contribution in [0.25, 0.3) is 11.6 Å². The second kappa shape index (κ2) is 6.69. The van der Waals surface area contributed by atoms with E-state index in [1.807, 2.05) is 48.7 Å². The molecule has 2 aromatic rings. The van der Waals surface area contributed by atoms with Crippen LogP contribution in [0.15, 0.2) is 41.8 Å². The number of hydrogen-bond donors (Lipinski definition) is 0. The highest BCUT2D eigenvalue weighted by atomic mass is 32.1. The van der Waals surface area contributed by atoms with Gasteiger partial charge in [0.2, 0.25) is 0 Å². The van der Waals surface area contributed by atoms with Gasteiger partial charge in [-0.1, -0.05) is 30.4 Å². The van der Waals surface area contributed by atoms with Gasteiger partial charge in [0.15, 0.2) is 0 Å². The lowest BCUT2D eigenvalue weighted by Crippen LogP contribution is -1.85. The second-order valence-corrected chi connectivity index (χ2v) is 4.95. The van der Waals surface area contributed by atoms with Gasteiger partial charge in [0.1, 0.15) is 16.8 Å². The van der Waals surface area contributed by atoms with E-state index in [0.29, 0.717) is 5.57 Å². The Morgan fingerprint density at radius 3 is 2.85 bits per heavy atom. The number of ether oxygens (including phenoxy) is 1. The van der Waals surface area contributed by atoms with Gasteiger partial charge in [0.05, 0.1) is 12.7 Å². The third-order valence-corrected chi connectivity index (χ3v) is 3.64. The van der Waals surface area contributed by atoms with Crippen LogP contribution >= 0.6 is 11.3 Å². The number of thiazole rings is 1. The van der Waals surface area contributed by atoms with Crippen molar-refractivity contribution in [2.75, 3.05) is 7.11 Å². The zero-order valence-electron chi connectivity index (χ0n) is 11.3. The van der Waals surface area contributed by atoms with Crippen molar-refractivity contribution in [3.05, 3.63) is 58.1 Å². The van der Waals surface area contributed by atoms with Crippen molar-refractivity contribution < 1.29 is 4.74 Å². The second-order valence-electron chi connectivity index (χ2n) is 4.09. The van der Waals surface area contributed by atoms with E-state index in [-0.39, 0.29) is 0 Å². The number of aryl methyl sites for hydroxylation is 1. The average molecular weight is 282 g/mol. The highest BCUT2D eigenvalue weighted by Crippen LogP contribution is 2.21. The number of nitriles is 1. The highest BCUT2D eigenvalue weighted by Gasteiger charge is 2.03. The summed E-state index contributed by atoms with van der Waals surface area (Å²) in [5, 5.41) is 11.9. The molecule has 0 radical (unpaired) electrons. The Kier molecular flexibility index (Phi) is 4.70. The molecule has 2 rings (SSSR count). The maximum atomic E-state index is 9.18. The first kappa shape index (κ1) is 14.0. The number of methoxy groups -OCH3 is 1. The molecule has 1 heterocycles. The van der Waals surface area contributed by atoms with E-state index in [0.717, 1.165) is 22.0 Å². The lowest BCUT2D eigenvalue weighted by molar-refractivity contribution is 0.414. The molecule has 1 aromatic carbocycles. The Balaban J connectivity index is 2.23. The molecule has 0 atom stereocenters. The predicted molar refractivity (Wildman–Crippen MR) is 82.5 cm³/mol. The molecule has 0 saturated heterocycles. The summed E-state index contributed by atoms with van der Waals surface area (Å²) in [5.41, 5.74) is 2.47. The van der Waals surface area contributed by atoms with Crippen molar-refractivity contribution in [2.24, 2.45) is 0 Å². The average Bonchev–Trinajstić information content (AvgIpc) is 2.90. The molecular formula is C16H14N2OS. The van der Waals surface area contributed by atoms with E-state index in [4.69, 9.17) is 4.74 Å². The fourth-order valence-electron chi connectivity index (χ4n) is 1.69. The van der Waals surface area contributed by atoms with Crippen molar-refractivity contribution in [1.82, 2.24) is 4.98 Å². The molecule has 3 nitrogen and oxygen atoms in total. The summed E-state index contributed by atoms with van der Waals surface area (Å²) in [4.78, 5) is 4.31. The summed E-state index contributed by atoms with van der Waals surface area (Å²) >= 11 is 1.48. The number of nitrogens with zero attached hydrogens (tertiary/aromatic N) is 2. The SMILES string of the molecule is COc1ccccc1/C=C/C=C(\C#N)c1nc(C)cs1. The van der Waals surface area contributed by atoms with Gasteiger partial charge in [-0.15, -0.1) is 11.3 Å². The van der Waals surface area contributed by atoms with Crippen molar-refractivity contribution in [2.45, 2.75) is 6.92 Å². The Morgan fingerprint density at radius 2 is 2.20 bits per heavy atom. The fraction of sp³-hybridized carbons (Fsp3) is 0.125. The van der Waals surface area contributed by atoms with Crippen LogP contribution in [0.3, 0.4) is 0 Å². The molecule has 0 aliphatic rings. The number of allylic oxidation sites excluding steroid dienone is 3. The van der Waals surface area contributed by atoms with Crippen molar-refractivity contribution in [3.8, 4) is 11.8 Å². The maximum absolute atomic E-state index is 9.18. The minimum absolute atomic E-state index is 0.564. The van der Waals surface area contributed by atoms with Gasteiger partial charge in [-0.05, 0) is 19.1 Å². The van der Waals surface area contributed by atoms with Gasteiger partial charge in [-0.3, -0.25) is 0 Å². The molecule has 0 bridgehead atoms. The minimum atomic E-state index is 0.564. The summed E-state index contributed by atoms with van der Waals surface area (Å²) in [5.74, 6) is 0.806. The lowest BCUT2D eigenvalue weighted by Gasteiger charge is -2.02. The Hall–Kier alpha value is -2.38. The first-order valence-corrected chi connectivity index (χ1v) is 6.96. The van der Waals surface area contributed by atoms with Crippen molar-refractivity contribution in [3.63, 3.8) is 0 Å². The topological polar surface area (TPSA) is 45.9 Å². The summed E-state index contributed by atoms with van der Waals surface area (Å²) in [7, 11) is 1.64. The van der Waals surface area contributed by atoms with E-state index in [9.17, 15) is 5.26 Å². The molecule has 0 spiro atoms. The zero-order valence-corrected chi connectivity index (χ0v) is 12.1. The normalized spacial score (nSPS) is 11.6. The molecule has 0 saturated carbocycles. The molecule has 0 fully saturated rings. The number of benzene rings is 1. The Labute approximate surface area is 122 Å². The zero-order chi connectivity index (χ0) is 14.4. The van der Waals surface area contributed by atoms with Gasteiger partial charge in [-0.25, -0.2) is 4.98 Å². The van der Waals surface area contributed by atoms with Crippen molar-refractivity contribution >= 4 is 23.0 Å². The number of para-hydroxylation sites is 1.